The molecule has 112 valence electrons. The zero-order chi connectivity index (χ0) is 15.6. The predicted molar refractivity (Wildman–Crippen MR) is 80.1 cm³/mol. The molecule has 2 aromatic rings. The van der Waals surface area contributed by atoms with Crippen LogP contribution in [-0.2, 0) is 4.74 Å². The Balaban J connectivity index is 2.22. The predicted octanol–water partition coefficient (Wildman–Crippen LogP) is 2.51. The van der Waals surface area contributed by atoms with Crippen LogP contribution in [0.15, 0.2) is 29.1 Å². The second-order valence-corrected chi connectivity index (χ2v) is 5.84. The van der Waals surface area contributed by atoms with Crippen molar-refractivity contribution in [2.45, 2.75) is 39.3 Å². The topological polar surface area (TPSA) is 84.1 Å². The zero-order valence-electron chi connectivity index (χ0n) is 12.6. The second kappa shape index (κ2) is 5.55. The van der Waals surface area contributed by atoms with Crippen molar-refractivity contribution in [1.29, 1.82) is 0 Å². The molecule has 21 heavy (non-hydrogen) atoms. The molecule has 1 amide bonds. The van der Waals surface area contributed by atoms with Crippen molar-refractivity contribution in [3.8, 4) is 0 Å². The molecule has 0 fully saturated rings. The molecule has 1 unspecified atom stereocenters. The van der Waals surface area contributed by atoms with E-state index >= 15 is 0 Å². The number of aromatic amines is 1. The number of fused-ring (bicyclic) bond motifs is 1. The lowest BCUT2D eigenvalue weighted by Gasteiger charge is -2.21. The fourth-order valence-corrected chi connectivity index (χ4v) is 1.86. The van der Waals surface area contributed by atoms with E-state index in [4.69, 9.17) is 4.74 Å². The van der Waals surface area contributed by atoms with Crippen LogP contribution in [0.1, 0.15) is 39.6 Å². The van der Waals surface area contributed by atoms with Crippen LogP contribution >= 0.6 is 0 Å². The summed E-state index contributed by atoms with van der Waals surface area (Å²) < 4.78 is 5.18. The number of hydrogen-bond donors (Lipinski definition) is 2. The highest BCUT2D eigenvalue weighted by atomic mass is 16.6. The SMILES string of the molecule is CC(NC(=O)OC(C)(C)C)c1nc2ccccc2c(=O)[nH]1. The number of para-hydroxylation sites is 1. The number of nitrogens with one attached hydrogen (secondary N) is 2. The highest BCUT2D eigenvalue weighted by Crippen LogP contribution is 2.12. The maximum Gasteiger partial charge on any atom is 0.408 e. The third-order valence-electron chi connectivity index (χ3n) is 2.77. The van der Waals surface area contributed by atoms with Crippen molar-refractivity contribution in [1.82, 2.24) is 15.3 Å². The van der Waals surface area contributed by atoms with Gasteiger partial charge in [-0.3, -0.25) is 4.79 Å². The molecule has 0 spiro atoms. The number of hydrogen-bond acceptors (Lipinski definition) is 4. The van der Waals surface area contributed by atoms with Gasteiger partial charge >= 0.3 is 6.09 Å². The lowest BCUT2D eigenvalue weighted by molar-refractivity contribution is 0.0506. The fourth-order valence-electron chi connectivity index (χ4n) is 1.86. The van der Waals surface area contributed by atoms with Gasteiger partial charge in [-0.1, -0.05) is 12.1 Å². The number of benzene rings is 1. The van der Waals surface area contributed by atoms with E-state index in [0.717, 1.165) is 0 Å². The Hall–Kier alpha value is -2.37. The summed E-state index contributed by atoms with van der Waals surface area (Å²) in [7, 11) is 0. The van der Waals surface area contributed by atoms with Crippen LogP contribution in [0.5, 0.6) is 0 Å². The summed E-state index contributed by atoms with van der Waals surface area (Å²) in [5.74, 6) is 0.393. The summed E-state index contributed by atoms with van der Waals surface area (Å²) in [4.78, 5) is 30.8. The van der Waals surface area contributed by atoms with Crippen LogP contribution in [0.4, 0.5) is 4.79 Å². The number of amides is 1. The van der Waals surface area contributed by atoms with Crippen LogP contribution < -0.4 is 10.9 Å². The molecular weight excluding hydrogens is 270 g/mol. The largest absolute Gasteiger partial charge is 0.444 e. The van der Waals surface area contributed by atoms with Gasteiger partial charge in [-0.2, -0.15) is 0 Å². The molecule has 0 radical (unpaired) electrons. The Morgan fingerprint density at radius 3 is 2.67 bits per heavy atom. The van der Waals surface area contributed by atoms with Gasteiger partial charge < -0.3 is 15.0 Å². The monoisotopic (exact) mass is 289 g/mol. The number of carbonyl (C=O) groups is 1. The van der Waals surface area contributed by atoms with Crippen LogP contribution in [0.25, 0.3) is 10.9 Å². The third-order valence-corrected chi connectivity index (χ3v) is 2.77. The highest BCUT2D eigenvalue weighted by molar-refractivity contribution is 5.77. The zero-order valence-corrected chi connectivity index (χ0v) is 12.6. The first-order valence-corrected chi connectivity index (χ1v) is 6.75. The molecule has 2 N–H and O–H groups in total. The average Bonchev–Trinajstić information content (AvgIpc) is 2.36. The van der Waals surface area contributed by atoms with E-state index in [1.54, 1.807) is 45.9 Å². The van der Waals surface area contributed by atoms with Gasteiger partial charge in [0.25, 0.3) is 5.56 Å². The van der Waals surface area contributed by atoms with Gasteiger partial charge in [0.2, 0.25) is 0 Å². The van der Waals surface area contributed by atoms with Crippen molar-refractivity contribution in [2.24, 2.45) is 0 Å². The van der Waals surface area contributed by atoms with E-state index in [-0.39, 0.29) is 5.56 Å². The van der Waals surface area contributed by atoms with Crippen LogP contribution in [0.2, 0.25) is 0 Å². The van der Waals surface area contributed by atoms with E-state index in [1.807, 2.05) is 6.07 Å². The fraction of sp³-hybridized carbons (Fsp3) is 0.400. The first-order chi connectivity index (χ1) is 9.76. The van der Waals surface area contributed by atoms with Gasteiger partial charge in [0.1, 0.15) is 11.4 Å². The lowest BCUT2D eigenvalue weighted by Crippen LogP contribution is -2.35. The van der Waals surface area contributed by atoms with Crippen molar-refractivity contribution < 1.29 is 9.53 Å². The molecule has 1 atom stereocenters. The molecule has 6 nitrogen and oxygen atoms in total. The minimum atomic E-state index is -0.575. The molecule has 0 aliphatic rings. The highest BCUT2D eigenvalue weighted by Gasteiger charge is 2.19. The Bertz CT molecular complexity index is 716. The van der Waals surface area contributed by atoms with Gasteiger partial charge in [0.05, 0.1) is 16.9 Å². The van der Waals surface area contributed by atoms with Crippen molar-refractivity contribution in [3.63, 3.8) is 0 Å². The number of alkyl carbamates (subject to hydrolysis) is 1. The van der Waals surface area contributed by atoms with Gasteiger partial charge in [0.15, 0.2) is 0 Å². The number of H-pyrrole nitrogens is 1. The van der Waals surface area contributed by atoms with Crippen molar-refractivity contribution >= 4 is 17.0 Å². The van der Waals surface area contributed by atoms with E-state index in [1.165, 1.54) is 0 Å². The Kier molecular flexibility index (Phi) is 3.97. The molecule has 1 aromatic heterocycles. The quantitative estimate of drug-likeness (QED) is 0.889. The number of aromatic nitrogens is 2. The molecule has 0 saturated carbocycles. The third kappa shape index (κ3) is 3.81. The molecular formula is C15H19N3O3. The molecule has 1 aromatic carbocycles. The summed E-state index contributed by atoms with van der Waals surface area (Å²) >= 11 is 0. The maximum atomic E-state index is 12.0. The Labute approximate surface area is 122 Å². The first-order valence-electron chi connectivity index (χ1n) is 6.75. The molecule has 0 aliphatic carbocycles. The van der Waals surface area contributed by atoms with E-state index in [9.17, 15) is 9.59 Å². The first kappa shape index (κ1) is 15.0. The molecule has 2 rings (SSSR count). The van der Waals surface area contributed by atoms with Gasteiger partial charge in [-0.05, 0) is 39.8 Å². The number of ether oxygens (including phenoxy) is 1. The lowest BCUT2D eigenvalue weighted by atomic mass is 10.2. The second-order valence-electron chi connectivity index (χ2n) is 5.84. The molecule has 6 heteroatoms. The van der Waals surface area contributed by atoms with Gasteiger partial charge in [-0.15, -0.1) is 0 Å². The summed E-state index contributed by atoms with van der Waals surface area (Å²) in [5, 5.41) is 3.17. The summed E-state index contributed by atoms with van der Waals surface area (Å²) in [6.45, 7) is 7.09. The van der Waals surface area contributed by atoms with Gasteiger partial charge in [-0.25, -0.2) is 9.78 Å². The summed E-state index contributed by atoms with van der Waals surface area (Å²) in [6.07, 6.45) is -0.550. The molecule has 0 saturated heterocycles. The van der Waals surface area contributed by atoms with Crippen molar-refractivity contribution in [2.75, 3.05) is 0 Å². The number of rotatable bonds is 2. The van der Waals surface area contributed by atoms with Crippen LogP contribution in [0.3, 0.4) is 0 Å². The number of nitrogens with zero attached hydrogens (tertiary/aromatic N) is 1. The van der Waals surface area contributed by atoms with Crippen LogP contribution in [0, 0.1) is 0 Å². The molecule has 1 heterocycles. The van der Waals surface area contributed by atoms with E-state index < -0.39 is 17.7 Å². The maximum absolute atomic E-state index is 12.0. The Morgan fingerprint density at radius 2 is 2.00 bits per heavy atom. The Morgan fingerprint density at radius 1 is 1.33 bits per heavy atom. The van der Waals surface area contributed by atoms with Crippen molar-refractivity contribution in [3.05, 3.63) is 40.4 Å². The van der Waals surface area contributed by atoms with E-state index in [2.05, 4.69) is 15.3 Å². The van der Waals surface area contributed by atoms with Crippen LogP contribution in [-0.4, -0.2) is 21.7 Å². The minimum Gasteiger partial charge on any atom is -0.444 e. The molecule has 0 bridgehead atoms. The summed E-state index contributed by atoms with van der Waals surface area (Å²) in [6, 6.07) is 6.59. The van der Waals surface area contributed by atoms with Gasteiger partial charge in [0, 0.05) is 0 Å². The number of carbonyl (C=O) groups excluding carboxylic acids is 1. The van der Waals surface area contributed by atoms with E-state index in [0.29, 0.717) is 16.7 Å². The standard InChI is InChI=1S/C15H19N3O3/c1-9(16-14(20)21-15(2,3)4)12-17-11-8-6-5-7-10(11)13(19)18-12/h5-9H,1-4H3,(H,16,20)(H,17,18,19). The smallest absolute Gasteiger partial charge is 0.408 e. The minimum absolute atomic E-state index is 0.228. The molecule has 0 aliphatic heterocycles. The summed E-state index contributed by atoms with van der Waals surface area (Å²) in [5.41, 5.74) is -0.212. The normalized spacial score (nSPS) is 13.0. The average molecular weight is 289 g/mol.